The van der Waals surface area contributed by atoms with Gasteiger partial charge in [-0.15, -0.1) is 0 Å². The Morgan fingerprint density at radius 3 is 1.55 bits per heavy atom. The van der Waals surface area contributed by atoms with Gasteiger partial charge in [-0.2, -0.15) is 5.26 Å². The van der Waals surface area contributed by atoms with Gasteiger partial charge in [-0.1, -0.05) is 102 Å². The molecule has 4 nitrogen and oxygen atoms in total. The fraction of sp³-hybridized carbons (Fsp3) is 0.178. The molecule has 0 saturated heterocycles. The summed E-state index contributed by atoms with van der Waals surface area (Å²) in [6.45, 7) is 13.4. The van der Waals surface area contributed by atoms with Gasteiger partial charge in [-0.05, 0) is 76.6 Å². The van der Waals surface area contributed by atoms with Crippen LogP contribution < -0.4 is 4.74 Å². The maximum atomic E-state index is 10.4. The van der Waals surface area contributed by atoms with E-state index in [1.807, 2.05) is 18.2 Å². The standard InChI is InChI=1S/C45H39N3O/c1-44(2,3)30-13-11-15-32(24-30)47-39-19-9-7-17-35(39)37-22-21-34(26-41(37)47)49-43-27-42-38(23-29(43)28-46)36-18-8-10-20-40(36)48(42)33-16-12-14-31(25-33)45(4,5)6/h7-27H,1-6H3. The van der Waals surface area contributed by atoms with Crippen LogP contribution in [0.1, 0.15) is 58.2 Å². The molecule has 2 aromatic heterocycles. The van der Waals surface area contributed by atoms with Crippen LogP contribution in [0.2, 0.25) is 0 Å². The Morgan fingerprint density at radius 2 is 1.00 bits per heavy atom. The van der Waals surface area contributed by atoms with E-state index >= 15 is 0 Å². The van der Waals surface area contributed by atoms with Crippen LogP contribution in [0, 0.1) is 11.3 Å². The predicted octanol–water partition coefficient (Wildman–Crippen LogP) is 12.1. The van der Waals surface area contributed by atoms with Crippen LogP contribution in [0.25, 0.3) is 55.0 Å². The van der Waals surface area contributed by atoms with Gasteiger partial charge in [0.2, 0.25) is 0 Å². The molecule has 2 heterocycles. The highest BCUT2D eigenvalue weighted by Gasteiger charge is 2.21. The summed E-state index contributed by atoms with van der Waals surface area (Å²) < 4.78 is 11.3. The molecule has 0 bridgehead atoms. The zero-order chi connectivity index (χ0) is 34.1. The molecule has 49 heavy (non-hydrogen) atoms. The number of hydrogen-bond acceptors (Lipinski definition) is 2. The molecule has 0 atom stereocenters. The van der Waals surface area contributed by atoms with E-state index in [1.165, 1.54) is 16.5 Å². The monoisotopic (exact) mass is 637 g/mol. The minimum Gasteiger partial charge on any atom is -0.456 e. The van der Waals surface area contributed by atoms with Crippen molar-refractivity contribution in [3.8, 4) is 28.9 Å². The lowest BCUT2D eigenvalue weighted by atomic mass is 9.87. The van der Waals surface area contributed by atoms with Crippen LogP contribution in [0.3, 0.4) is 0 Å². The van der Waals surface area contributed by atoms with Gasteiger partial charge >= 0.3 is 0 Å². The first-order chi connectivity index (χ1) is 23.5. The highest BCUT2D eigenvalue weighted by molar-refractivity contribution is 6.11. The van der Waals surface area contributed by atoms with Gasteiger partial charge in [-0.3, -0.25) is 0 Å². The largest absolute Gasteiger partial charge is 0.456 e. The number of nitrogens with zero attached hydrogens (tertiary/aromatic N) is 3. The van der Waals surface area contributed by atoms with Crippen LogP contribution >= 0.6 is 0 Å². The molecule has 0 aliphatic rings. The van der Waals surface area contributed by atoms with Crippen molar-refractivity contribution in [2.24, 2.45) is 0 Å². The summed E-state index contributed by atoms with van der Waals surface area (Å²) in [7, 11) is 0. The van der Waals surface area contributed by atoms with Crippen molar-refractivity contribution in [3.05, 3.63) is 144 Å². The maximum absolute atomic E-state index is 10.4. The third-order valence-corrected chi connectivity index (χ3v) is 9.71. The van der Waals surface area contributed by atoms with Crippen molar-refractivity contribution in [2.75, 3.05) is 0 Å². The van der Waals surface area contributed by atoms with E-state index in [2.05, 4.69) is 166 Å². The average molecular weight is 638 g/mol. The first kappa shape index (κ1) is 30.5. The second-order valence-corrected chi connectivity index (χ2v) is 15.1. The fourth-order valence-corrected chi connectivity index (χ4v) is 7.09. The van der Waals surface area contributed by atoms with E-state index in [0.717, 1.165) is 49.6 Å². The number of nitriles is 1. The molecule has 0 aliphatic heterocycles. The van der Waals surface area contributed by atoms with Crippen molar-refractivity contribution in [2.45, 2.75) is 52.4 Å². The Balaban J connectivity index is 1.31. The van der Waals surface area contributed by atoms with E-state index in [0.29, 0.717) is 17.1 Å². The summed E-state index contributed by atoms with van der Waals surface area (Å²) in [6.07, 6.45) is 0. The number of hydrogen-bond donors (Lipinski definition) is 0. The zero-order valence-corrected chi connectivity index (χ0v) is 28.9. The summed E-state index contributed by atoms with van der Waals surface area (Å²) >= 11 is 0. The van der Waals surface area contributed by atoms with Crippen LogP contribution in [-0.4, -0.2) is 9.13 Å². The predicted molar refractivity (Wildman–Crippen MR) is 204 cm³/mol. The molecule has 0 spiro atoms. The van der Waals surface area contributed by atoms with Gasteiger partial charge in [0, 0.05) is 45.1 Å². The van der Waals surface area contributed by atoms with Crippen molar-refractivity contribution >= 4 is 43.6 Å². The Morgan fingerprint density at radius 1 is 0.490 bits per heavy atom. The van der Waals surface area contributed by atoms with Crippen LogP contribution in [0.15, 0.2) is 127 Å². The van der Waals surface area contributed by atoms with Gasteiger partial charge in [-0.25, -0.2) is 0 Å². The summed E-state index contributed by atoms with van der Waals surface area (Å²) in [6, 6.07) is 47.2. The van der Waals surface area contributed by atoms with Crippen LogP contribution in [-0.2, 0) is 10.8 Å². The van der Waals surface area contributed by atoms with E-state index in [9.17, 15) is 5.26 Å². The molecule has 0 fully saturated rings. The van der Waals surface area contributed by atoms with Crippen molar-refractivity contribution < 1.29 is 4.74 Å². The molecule has 4 heteroatoms. The number of rotatable bonds is 4. The Bertz CT molecular complexity index is 2610. The smallest absolute Gasteiger partial charge is 0.147 e. The summed E-state index contributed by atoms with van der Waals surface area (Å²) in [5.41, 5.74) is 9.53. The van der Waals surface area contributed by atoms with Gasteiger partial charge in [0.15, 0.2) is 0 Å². The summed E-state index contributed by atoms with van der Waals surface area (Å²) in [5.74, 6) is 1.21. The highest BCUT2D eigenvalue weighted by Crippen LogP contribution is 2.40. The Kier molecular flexibility index (Phi) is 6.94. The van der Waals surface area contributed by atoms with Gasteiger partial charge in [0.25, 0.3) is 0 Å². The third kappa shape index (κ3) is 5.14. The van der Waals surface area contributed by atoms with Crippen LogP contribution in [0.4, 0.5) is 0 Å². The maximum Gasteiger partial charge on any atom is 0.147 e. The number of ether oxygens (including phenoxy) is 1. The molecule has 0 radical (unpaired) electrons. The molecule has 8 rings (SSSR count). The first-order valence-corrected chi connectivity index (χ1v) is 16.9. The molecule has 8 aromatic rings. The van der Waals surface area contributed by atoms with Gasteiger partial charge in [0.1, 0.15) is 17.6 Å². The molecule has 0 amide bonds. The minimum atomic E-state index is 0.00614. The fourth-order valence-electron chi connectivity index (χ4n) is 7.09. The average Bonchev–Trinajstić information content (AvgIpc) is 3.59. The van der Waals surface area contributed by atoms with Crippen molar-refractivity contribution in [1.29, 1.82) is 5.26 Å². The first-order valence-electron chi connectivity index (χ1n) is 16.9. The highest BCUT2D eigenvalue weighted by atomic mass is 16.5. The molecular formula is C45H39N3O. The molecule has 0 unspecified atom stereocenters. The summed E-state index contributed by atoms with van der Waals surface area (Å²) in [5, 5.41) is 14.9. The van der Waals surface area contributed by atoms with E-state index in [-0.39, 0.29) is 10.8 Å². The van der Waals surface area contributed by atoms with E-state index in [1.54, 1.807) is 0 Å². The van der Waals surface area contributed by atoms with E-state index < -0.39 is 0 Å². The van der Waals surface area contributed by atoms with Crippen LogP contribution in [0.5, 0.6) is 11.5 Å². The second-order valence-electron chi connectivity index (χ2n) is 15.1. The lowest BCUT2D eigenvalue weighted by Crippen LogP contribution is -2.11. The third-order valence-electron chi connectivity index (χ3n) is 9.71. The van der Waals surface area contributed by atoms with Crippen molar-refractivity contribution in [3.63, 3.8) is 0 Å². The van der Waals surface area contributed by atoms with E-state index in [4.69, 9.17) is 4.74 Å². The molecule has 240 valence electrons. The number of fused-ring (bicyclic) bond motifs is 6. The minimum absolute atomic E-state index is 0.00614. The number of para-hydroxylation sites is 2. The molecule has 0 N–H and O–H groups in total. The number of aromatic nitrogens is 2. The lowest BCUT2D eigenvalue weighted by Gasteiger charge is -2.20. The zero-order valence-electron chi connectivity index (χ0n) is 28.9. The quantitative estimate of drug-likeness (QED) is 0.193. The SMILES string of the molecule is CC(C)(C)c1cccc(-n2c3ccccc3c3ccc(Oc4cc5c(cc4C#N)c4ccccc4n5-c4cccc(C(C)(C)C)c4)cc32)c1. The lowest BCUT2D eigenvalue weighted by molar-refractivity contribution is 0.482. The normalized spacial score (nSPS) is 12.3. The number of benzene rings is 6. The van der Waals surface area contributed by atoms with Gasteiger partial charge in [0.05, 0.1) is 27.6 Å². The second kappa shape index (κ2) is 11.1. The molecule has 6 aromatic carbocycles. The molecule has 0 aliphatic carbocycles. The topological polar surface area (TPSA) is 42.9 Å². The molecule has 0 saturated carbocycles. The van der Waals surface area contributed by atoms with Crippen molar-refractivity contribution in [1.82, 2.24) is 9.13 Å². The van der Waals surface area contributed by atoms with Gasteiger partial charge < -0.3 is 13.9 Å². The molecular weight excluding hydrogens is 599 g/mol. The Hall–Kier alpha value is -5.79. The summed E-state index contributed by atoms with van der Waals surface area (Å²) in [4.78, 5) is 0. The Labute approximate surface area is 287 Å².